The van der Waals surface area contributed by atoms with Gasteiger partial charge in [-0.25, -0.2) is 9.59 Å². The Morgan fingerprint density at radius 3 is 2.19 bits per heavy atom. The fraction of sp³-hybridized carbons (Fsp3) is 0.0909. The van der Waals surface area contributed by atoms with E-state index >= 15 is 0 Å². The molecule has 0 heterocycles. The molecule has 0 aliphatic heterocycles. The first-order valence-electron chi connectivity index (χ1n) is 8.97. The van der Waals surface area contributed by atoms with Crippen LogP contribution in [0.25, 0.3) is 0 Å². The van der Waals surface area contributed by atoms with Crippen LogP contribution in [-0.4, -0.2) is 29.1 Å². The van der Waals surface area contributed by atoms with Gasteiger partial charge in [-0.1, -0.05) is 0 Å². The van der Waals surface area contributed by atoms with Gasteiger partial charge in [0.1, 0.15) is 29.4 Å². The Kier molecular flexibility index (Phi) is 6.46. The molecule has 31 heavy (non-hydrogen) atoms. The van der Waals surface area contributed by atoms with Gasteiger partial charge in [0, 0.05) is 12.1 Å². The Balaban J connectivity index is 1.67. The molecule has 0 radical (unpaired) electrons. The predicted octanol–water partition coefficient (Wildman–Crippen LogP) is 3.89. The van der Waals surface area contributed by atoms with Gasteiger partial charge in [-0.3, -0.25) is 10.1 Å². The molecule has 0 fully saturated rings. The molecule has 0 atom stereocenters. The second-order valence-electron chi connectivity index (χ2n) is 6.30. The third-order valence-corrected chi connectivity index (χ3v) is 4.24. The molecule has 0 saturated heterocycles. The number of ether oxygens (including phenoxy) is 3. The number of nitro benzene ring substituents is 1. The minimum Gasteiger partial charge on any atom is -0.507 e. The molecule has 3 aromatic carbocycles. The average Bonchev–Trinajstić information content (AvgIpc) is 2.79. The summed E-state index contributed by atoms with van der Waals surface area (Å²) in [4.78, 5) is 34.8. The van der Waals surface area contributed by atoms with Crippen LogP contribution < -0.4 is 9.47 Å². The molecule has 0 spiro atoms. The molecule has 0 aromatic heterocycles. The van der Waals surface area contributed by atoms with E-state index in [1.807, 2.05) is 0 Å². The van der Waals surface area contributed by atoms with E-state index in [2.05, 4.69) is 0 Å². The zero-order valence-electron chi connectivity index (χ0n) is 16.3. The SMILES string of the molecule is COc1ccc(C(=O)Oc2ccc(O)c(C(=O)OCc3ccc([N+](=O)[O-])cc3)c2)cc1. The van der Waals surface area contributed by atoms with E-state index < -0.39 is 16.9 Å². The number of carbonyl (C=O) groups is 2. The largest absolute Gasteiger partial charge is 0.507 e. The third-order valence-electron chi connectivity index (χ3n) is 4.24. The van der Waals surface area contributed by atoms with Crippen LogP contribution in [0.5, 0.6) is 17.2 Å². The summed E-state index contributed by atoms with van der Waals surface area (Å²) in [5, 5.41) is 20.7. The van der Waals surface area contributed by atoms with Crippen molar-refractivity contribution in [2.45, 2.75) is 6.61 Å². The van der Waals surface area contributed by atoms with Crippen molar-refractivity contribution in [2.24, 2.45) is 0 Å². The highest BCUT2D eigenvalue weighted by molar-refractivity contribution is 5.94. The fourth-order valence-electron chi connectivity index (χ4n) is 2.58. The van der Waals surface area contributed by atoms with Crippen LogP contribution in [0.15, 0.2) is 66.7 Å². The molecule has 9 nitrogen and oxygen atoms in total. The molecule has 0 unspecified atom stereocenters. The van der Waals surface area contributed by atoms with Crippen LogP contribution in [-0.2, 0) is 11.3 Å². The van der Waals surface area contributed by atoms with Gasteiger partial charge in [0.25, 0.3) is 5.69 Å². The van der Waals surface area contributed by atoms with Gasteiger partial charge >= 0.3 is 11.9 Å². The summed E-state index contributed by atoms with van der Waals surface area (Å²) in [5.74, 6) is -1.23. The van der Waals surface area contributed by atoms with E-state index in [1.54, 1.807) is 12.1 Å². The number of phenols is 1. The highest BCUT2D eigenvalue weighted by Gasteiger charge is 2.17. The van der Waals surface area contributed by atoms with Crippen LogP contribution in [0, 0.1) is 10.1 Å². The standard InChI is InChI=1S/C22H17NO8/c1-29-17-8-4-15(5-9-17)21(25)31-18-10-11-20(24)19(12-18)22(26)30-13-14-2-6-16(7-3-14)23(27)28/h2-12,24H,13H2,1H3. The predicted molar refractivity (Wildman–Crippen MR) is 108 cm³/mol. The third kappa shape index (κ3) is 5.36. The van der Waals surface area contributed by atoms with Crippen molar-refractivity contribution in [1.82, 2.24) is 0 Å². The van der Waals surface area contributed by atoms with Gasteiger partial charge in [0.2, 0.25) is 0 Å². The van der Waals surface area contributed by atoms with Crippen LogP contribution in [0.1, 0.15) is 26.3 Å². The lowest BCUT2D eigenvalue weighted by molar-refractivity contribution is -0.384. The van der Waals surface area contributed by atoms with Crippen molar-refractivity contribution >= 4 is 17.6 Å². The second kappa shape index (κ2) is 9.40. The summed E-state index contributed by atoms with van der Waals surface area (Å²) in [7, 11) is 1.51. The number of carbonyl (C=O) groups excluding carboxylic acids is 2. The molecule has 158 valence electrons. The maximum absolute atomic E-state index is 12.3. The average molecular weight is 423 g/mol. The topological polar surface area (TPSA) is 125 Å². The number of benzene rings is 3. The molecule has 0 saturated carbocycles. The Morgan fingerprint density at radius 2 is 1.58 bits per heavy atom. The number of aromatic hydroxyl groups is 1. The molecule has 1 N–H and O–H groups in total. The van der Waals surface area contributed by atoms with Gasteiger partial charge in [0.15, 0.2) is 0 Å². The maximum atomic E-state index is 12.3. The Hall–Kier alpha value is -4.40. The zero-order chi connectivity index (χ0) is 22.4. The molecule has 9 heteroatoms. The first kappa shape index (κ1) is 21.3. The summed E-state index contributed by atoms with van der Waals surface area (Å²) >= 11 is 0. The van der Waals surface area contributed by atoms with Gasteiger partial charge in [-0.05, 0) is 60.2 Å². The number of nitrogens with zero attached hydrogens (tertiary/aromatic N) is 1. The summed E-state index contributed by atoms with van der Waals surface area (Å²) in [5.41, 5.74) is 0.526. The van der Waals surface area contributed by atoms with Crippen molar-refractivity contribution in [1.29, 1.82) is 0 Å². The quantitative estimate of drug-likeness (QED) is 0.263. The van der Waals surface area contributed by atoms with Crippen LogP contribution in [0.3, 0.4) is 0 Å². The van der Waals surface area contributed by atoms with Crippen molar-refractivity contribution in [2.75, 3.05) is 7.11 Å². The number of nitro groups is 1. The van der Waals surface area contributed by atoms with Gasteiger partial charge in [-0.15, -0.1) is 0 Å². The smallest absolute Gasteiger partial charge is 0.343 e. The fourth-order valence-corrected chi connectivity index (χ4v) is 2.58. The summed E-state index contributed by atoms with van der Waals surface area (Å²) < 4.78 is 15.4. The first-order chi connectivity index (χ1) is 14.9. The number of non-ortho nitro benzene ring substituents is 1. The molecular formula is C22H17NO8. The van der Waals surface area contributed by atoms with Gasteiger partial charge < -0.3 is 19.3 Å². The molecule has 0 aliphatic carbocycles. The lowest BCUT2D eigenvalue weighted by atomic mass is 10.2. The first-order valence-corrected chi connectivity index (χ1v) is 8.97. The number of hydrogen-bond donors (Lipinski definition) is 1. The molecule has 3 aromatic rings. The number of phenolic OH excluding ortho intramolecular Hbond substituents is 1. The molecule has 3 rings (SSSR count). The normalized spacial score (nSPS) is 10.2. The molecule has 0 bridgehead atoms. The molecular weight excluding hydrogens is 406 g/mol. The number of esters is 2. The van der Waals surface area contributed by atoms with Crippen molar-refractivity contribution in [3.05, 3.63) is 93.5 Å². The highest BCUT2D eigenvalue weighted by Crippen LogP contribution is 2.25. The minimum atomic E-state index is -0.849. The van der Waals surface area contributed by atoms with Gasteiger partial charge in [-0.2, -0.15) is 0 Å². The number of hydrogen-bond acceptors (Lipinski definition) is 8. The zero-order valence-corrected chi connectivity index (χ0v) is 16.3. The van der Waals surface area contributed by atoms with Crippen molar-refractivity contribution < 1.29 is 33.8 Å². The van der Waals surface area contributed by atoms with E-state index in [-0.39, 0.29) is 34.9 Å². The number of rotatable bonds is 7. The van der Waals surface area contributed by atoms with E-state index in [0.717, 1.165) is 0 Å². The monoisotopic (exact) mass is 423 g/mol. The highest BCUT2D eigenvalue weighted by atomic mass is 16.6. The second-order valence-corrected chi connectivity index (χ2v) is 6.30. The Labute approximate surface area is 176 Å². The molecule has 0 aliphatic rings. The Bertz CT molecular complexity index is 1110. The minimum absolute atomic E-state index is 0.0425. The van der Waals surface area contributed by atoms with Crippen LogP contribution in [0.4, 0.5) is 5.69 Å². The van der Waals surface area contributed by atoms with Gasteiger partial charge in [0.05, 0.1) is 17.6 Å². The van der Waals surface area contributed by atoms with E-state index in [1.165, 1.54) is 61.7 Å². The van der Waals surface area contributed by atoms with Crippen molar-refractivity contribution in [3.8, 4) is 17.2 Å². The molecule has 0 amide bonds. The van der Waals surface area contributed by atoms with E-state index in [9.17, 15) is 24.8 Å². The van der Waals surface area contributed by atoms with Crippen molar-refractivity contribution in [3.63, 3.8) is 0 Å². The van der Waals surface area contributed by atoms with E-state index in [4.69, 9.17) is 14.2 Å². The number of methoxy groups -OCH3 is 1. The van der Waals surface area contributed by atoms with E-state index in [0.29, 0.717) is 11.3 Å². The lowest BCUT2D eigenvalue weighted by Crippen LogP contribution is -2.10. The Morgan fingerprint density at radius 1 is 0.935 bits per heavy atom. The summed E-state index contributed by atoms with van der Waals surface area (Å²) in [6, 6.07) is 15.5. The van der Waals surface area contributed by atoms with Crippen LogP contribution >= 0.6 is 0 Å². The van der Waals surface area contributed by atoms with Crippen LogP contribution in [0.2, 0.25) is 0 Å². The summed E-state index contributed by atoms with van der Waals surface area (Å²) in [6.07, 6.45) is 0. The summed E-state index contributed by atoms with van der Waals surface area (Å²) in [6.45, 7) is -0.161. The maximum Gasteiger partial charge on any atom is 0.343 e. The lowest BCUT2D eigenvalue weighted by Gasteiger charge is -2.09.